The number of aliphatic hydroxyl groups excluding tert-OH is 1. The van der Waals surface area contributed by atoms with Gasteiger partial charge in [0.25, 0.3) is 5.85 Å². The van der Waals surface area contributed by atoms with Crippen molar-refractivity contribution in [2.24, 2.45) is 0 Å². The predicted octanol–water partition coefficient (Wildman–Crippen LogP) is -1.31. The van der Waals surface area contributed by atoms with Gasteiger partial charge in [-0.25, -0.2) is 22.9 Å². The Morgan fingerprint density at radius 2 is 1.84 bits per heavy atom. The highest BCUT2D eigenvalue weighted by Crippen LogP contribution is 2.66. The minimum absolute atomic E-state index is 0.275. The van der Waals surface area contributed by atoms with Crippen LogP contribution in [-0.4, -0.2) is 69.4 Å². The minimum atomic E-state index is -5.87. The van der Waals surface area contributed by atoms with Crippen molar-refractivity contribution < 1.29 is 65.8 Å². The lowest BCUT2D eigenvalue weighted by atomic mass is 9.97. The number of rotatable bonds is 9. The number of phosphoric acid groups is 3. The van der Waals surface area contributed by atoms with E-state index in [0.29, 0.717) is 4.57 Å². The minimum Gasteiger partial charge on any atom is -0.384 e. The first kappa shape index (κ1) is 27.4. The summed E-state index contributed by atoms with van der Waals surface area (Å²) in [6, 6.07) is 1.01. The Hall–Kier alpha value is -0.810. The highest BCUT2D eigenvalue weighted by atomic mass is 35.5. The van der Waals surface area contributed by atoms with Crippen LogP contribution in [0.15, 0.2) is 17.1 Å². The summed E-state index contributed by atoms with van der Waals surface area (Å²) in [4.78, 5) is 50.8. The lowest BCUT2D eigenvalue weighted by molar-refractivity contribution is -0.197. The molecule has 0 aliphatic carbocycles. The van der Waals surface area contributed by atoms with Gasteiger partial charge in [-0.2, -0.15) is 13.6 Å². The summed E-state index contributed by atoms with van der Waals surface area (Å²) >= 11 is 5.64. The van der Waals surface area contributed by atoms with E-state index in [1.54, 1.807) is 0 Å². The molecule has 0 bridgehead atoms. The van der Waals surface area contributed by atoms with Crippen LogP contribution in [-0.2, 0) is 31.6 Å². The first-order chi connectivity index (χ1) is 14.3. The number of hydrogen-bond donors (Lipinski definition) is 7. The van der Waals surface area contributed by atoms with Gasteiger partial charge in [-0.15, -0.1) is 11.6 Å². The van der Waals surface area contributed by atoms with Crippen LogP contribution < -0.4 is 11.4 Å². The largest absolute Gasteiger partial charge is 0.490 e. The average molecular weight is 550 g/mol. The molecule has 6 atom stereocenters. The second kappa shape index (κ2) is 9.09. The van der Waals surface area contributed by atoms with E-state index in [9.17, 15) is 38.0 Å². The smallest absolute Gasteiger partial charge is 0.384 e. The second-order valence-electron chi connectivity index (χ2n) is 6.21. The fraction of sp³-hybridized carbons (Fsp3) is 0.600. The maximum atomic E-state index is 14.9. The van der Waals surface area contributed by atoms with Gasteiger partial charge in [-0.1, -0.05) is 0 Å². The molecule has 2 rings (SSSR count). The molecule has 1 fully saturated rings. The molecule has 1 aromatic heterocycles. The summed E-state index contributed by atoms with van der Waals surface area (Å²) in [5, 5.41) is 20.3. The van der Waals surface area contributed by atoms with Gasteiger partial charge < -0.3 is 40.3 Å². The summed E-state index contributed by atoms with van der Waals surface area (Å²) in [7, 11) is -17.2. The van der Waals surface area contributed by atoms with Gasteiger partial charge in [0.15, 0.2) is 0 Å². The van der Waals surface area contributed by atoms with Gasteiger partial charge in [0, 0.05) is 6.20 Å². The predicted molar refractivity (Wildman–Crippen MR) is 98.4 cm³/mol. The summed E-state index contributed by atoms with van der Waals surface area (Å²) < 4.78 is 65.5. The molecule has 1 aliphatic heterocycles. The van der Waals surface area contributed by atoms with Crippen molar-refractivity contribution in [3.05, 3.63) is 22.7 Å². The highest BCUT2D eigenvalue weighted by molar-refractivity contribution is 7.66. The maximum Gasteiger partial charge on any atom is 0.490 e. The highest BCUT2D eigenvalue weighted by Gasteiger charge is 2.66. The Labute approximate surface area is 181 Å². The standard InChI is InChI=1S/C10H16ClFN3O14P3/c11-3-9(4-26-31(22,23)29-32(24,25)28-30(19,20)21)6(16)10(12,18)7(27-9)15-2-1-5(13)14-8(15)17/h1-2,6-7,16,18H,3-4H2,(H,22,23)(H,24,25)(H2,13,14,17)(H2,19,20,21)/t6-,7-,9-,10-/m1/s1. The molecule has 1 aromatic rings. The number of nitrogens with zero attached hydrogens (tertiary/aromatic N) is 2. The molecule has 2 heterocycles. The molecule has 1 saturated heterocycles. The van der Waals surface area contributed by atoms with Crippen molar-refractivity contribution in [3.8, 4) is 0 Å². The van der Waals surface area contributed by atoms with E-state index in [1.165, 1.54) is 0 Å². The van der Waals surface area contributed by atoms with Gasteiger partial charge in [0.05, 0.1) is 12.5 Å². The molecular formula is C10H16ClFN3O14P3. The van der Waals surface area contributed by atoms with Crippen LogP contribution in [0, 0.1) is 0 Å². The number of aromatic nitrogens is 2. The van der Waals surface area contributed by atoms with E-state index in [1.807, 2.05) is 0 Å². The Morgan fingerprint density at radius 1 is 1.25 bits per heavy atom. The fourth-order valence-electron chi connectivity index (χ4n) is 2.48. The summed E-state index contributed by atoms with van der Waals surface area (Å²) in [6.45, 7) is -1.42. The fourth-order valence-corrected chi connectivity index (χ4v) is 5.84. The molecule has 0 amide bonds. The number of halogens is 2. The SMILES string of the molecule is Nc1ccn([C@@H]2O[C@](CCl)(COP(=O)(O)OP(=O)(O)OP(=O)(O)O)[C@@H](O)[C@]2(O)F)c(=O)n1. The van der Waals surface area contributed by atoms with E-state index in [4.69, 9.17) is 36.8 Å². The molecule has 32 heavy (non-hydrogen) atoms. The van der Waals surface area contributed by atoms with E-state index < -0.39 is 65.4 Å². The zero-order valence-electron chi connectivity index (χ0n) is 15.2. The van der Waals surface area contributed by atoms with Crippen molar-refractivity contribution in [3.63, 3.8) is 0 Å². The Bertz CT molecular complexity index is 1060. The number of nitrogen functional groups attached to an aromatic ring is 1. The number of alkyl halides is 2. The molecule has 0 saturated carbocycles. The molecule has 184 valence electrons. The average Bonchev–Trinajstić information content (AvgIpc) is 2.78. The van der Waals surface area contributed by atoms with Crippen LogP contribution in [0.2, 0.25) is 0 Å². The quantitative estimate of drug-likeness (QED) is 0.139. The Balaban J connectivity index is 2.27. The monoisotopic (exact) mass is 549 g/mol. The van der Waals surface area contributed by atoms with Crippen molar-refractivity contribution in [2.45, 2.75) is 23.8 Å². The molecule has 2 unspecified atom stereocenters. The first-order valence-corrected chi connectivity index (χ1v) is 12.9. The number of anilines is 1. The lowest BCUT2D eigenvalue weighted by Crippen LogP contribution is -2.52. The third kappa shape index (κ3) is 6.20. The molecule has 1 aliphatic rings. The summed E-state index contributed by atoms with van der Waals surface area (Å²) in [5.41, 5.74) is 1.50. The summed E-state index contributed by atoms with van der Waals surface area (Å²) in [5.74, 6) is -4.98. The van der Waals surface area contributed by atoms with Gasteiger partial charge in [-0.05, 0) is 6.07 Å². The second-order valence-corrected chi connectivity index (χ2v) is 10.9. The van der Waals surface area contributed by atoms with E-state index >= 15 is 0 Å². The topological polar surface area (TPSA) is 270 Å². The molecule has 0 aromatic carbocycles. The van der Waals surface area contributed by atoms with Gasteiger partial charge >= 0.3 is 29.2 Å². The van der Waals surface area contributed by atoms with Crippen LogP contribution in [0.5, 0.6) is 0 Å². The van der Waals surface area contributed by atoms with Crippen LogP contribution in [0.1, 0.15) is 6.23 Å². The molecule has 0 spiro atoms. The number of nitrogens with two attached hydrogens (primary N) is 1. The van der Waals surface area contributed by atoms with Crippen molar-refractivity contribution in [2.75, 3.05) is 18.2 Å². The number of hydrogen-bond acceptors (Lipinski definition) is 12. The third-order valence-corrected chi connectivity index (χ3v) is 8.03. The van der Waals surface area contributed by atoms with Crippen LogP contribution in [0.3, 0.4) is 0 Å². The molecule has 8 N–H and O–H groups in total. The summed E-state index contributed by atoms with van der Waals surface area (Å²) in [6.07, 6.45) is -4.12. The number of ether oxygens (including phenoxy) is 1. The van der Waals surface area contributed by atoms with Gasteiger partial charge in [0.1, 0.15) is 17.5 Å². The van der Waals surface area contributed by atoms with Gasteiger partial charge in [-0.3, -0.25) is 9.09 Å². The first-order valence-electron chi connectivity index (χ1n) is 7.80. The van der Waals surface area contributed by atoms with Crippen LogP contribution >= 0.6 is 35.1 Å². The molecule has 0 radical (unpaired) electrons. The van der Waals surface area contributed by atoms with Gasteiger partial charge in [0.2, 0.25) is 6.23 Å². The Morgan fingerprint density at radius 3 is 2.34 bits per heavy atom. The number of phosphoric ester groups is 1. The molecular weight excluding hydrogens is 533 g/mol. The zero-order valence-corrected chi connectivity index (χ0v) is 18.7. The van der Waals surface area contributed by atoms with Crippen molar-refractivity contribution in [1.82, 2.24) is 9.55 Å². The zero-order chi connectivity index (χ0) is 24.8. The number of aliphatic hydroxyl groups is 2. The third-order valence-electron chi connectivity index (χ3n) is 3.79. The van der Waals surface area contributed by atoms with Crippen LogP contribution in [0.25, 0.3) is 0 Å². The van der Waals surface area contributed by atoms with E-state index in [0.717, 1.165) is 12.3 Å². The van der Waals surface area contributed by atoms with Crippen molar-refractivity contribution >= 4 is 40.9 Å². The Kier molecular flexibility index (Phi) is 7.80. The van der Waals surface area contributed by atoms with Crippen LogP contribution in [0.4, 0.5) is 10.2 Å². The molecule has 22 heteroatoms. The lowest BCUT2D eigenvalue weighted by Gasteiger charge is -2.30. The normalized spacial score (nSPS) is 32.4. The van der Waals surface area contributed by atoms with E-state index in [-0.39, 0.29) is 5.82 Å². The maximum absolute atomic E-state index is 14.9. The molecule has 17 nitrogen and oxygen atoms in total. The van der Waals surface area contributed by atoms with E-state index in [2.05, 4.69) is 18.1 Å². The van der Waals surface area contributed by atoms with Crippen molar-refractivity contribution in [1.29, 1.82) is 0 Å².